The Morgan fingerprint density at radius 2 is 1.95 bits per heavy atom. The highest BCUT2D eigenvalue weighted by Gasteiger charge is 2.24. The van der Waals surface area contributed by atoms with Crippen molar-refractivity contribution >= 4 is 0 Å². The average Bonchev–Trinajstić information content (AvgIpc) is 2.93. The van der Waals surface area contributed by atoms with E-state index in [1.165, 1.54) is 6.33 Å². The van der Waals surface area contributed by atoms with Crippen molar-refractivity contribution in [1.82, 2.24) is 25.1 Å². The first kappa shape index (κ1) is 15.4. The lowest BCUT2D eigenvalue weighted by Crippen LogP contribution is -2.27. The maximum Gasteiger partial charge on any atom is 0.161 e. The summed E-state index contributed by atoms with van der Waals surface area (Å²) in [5, 5.41) is 7.99. The standard InChI is InChI=1S/C15H23N5O/c1-5-6-18-14(12-7-16-10-17-8-12)15-13(21-4)9-19-20(15)11(2)3/h7-11,14,18H,5-6H2,1-4H3. The summed E-state index contributed by atoms with van der Waals surface area (Å²) in [6.07, 6.45) is 8.01. The van der Waals surface area contributed by atoms with Crippen LogP contribution in [-0.2, 0) is 0 Å². The van der Waals surface area contributed by atoms with Crippen LogP contribution in [0.3, 0.4) is 0 Å². The Hall–Kier alpha value is -1.95. The average molecular weight is 289 g/mol. The molecule has 1 atom stereocenters. The topological polar surface area (TPSA) is 64.9 Å². The number of nitrogens with one attached hydrogen (secondary N) is 1. The number of nitrogens with zero attached hydrogens (tertiary/aromatic N) is 4. The summed E-state index contributed by atoms with van der Waals surface area (Å²) in [4.78, 5) is 8.26. The predicted molar refractivity (Wildman–Crippen MR) is 81.3 cm³/mol. The molecule has 0 saturated carbocycles. The molecule has 0 aromatic carbocycles. The maximum atomic E-state index is 5.49. The number of hydrogen-bond acceptors (Lipinski definition) is 5. The minimum Gasteiger partial charge on any atom is -0.493 e. The third kappa shape index (κ3) is 3.39. The molecule has 2 aromatic heterocycles. The molecular weight excluding hydrogens is 266 g/mol. The zero-order valence-corrected chi connectivity index (χ0v) is 13.1. The fourth-order valence-electron chi connectivity index (χ4n) is 2.32. The van der Waals surface area contributed by atoms with E-state index < -0.39 is 0 Å². The van der Waals surface area contributed by atoms with Crippen molar-refractivity contribution in [3.05, 3.63) is 36.2 Å². The van der Waals surface area contributed by atoms with Gasteiger partial charge >= 0.3 is 0 Å². The molecule has 2 aromatic rings. The molecule has 0 spiro atoms. The van der Waals surface area contributed by atoms with Crippen LogP contribution in [0.5, 0.6) is 5.75 Å². The van der Waals surface area contributed by atoms with Crippen LogP contribution in [0.2, 0.25) is 0 Å². The van der Waals surface area contributed by atoms with Gasteiger partial charge in [-0.2, -0.15) is 5.10 Å². The van der Waals surface area contributed by atoms with Crippen LogP contribution in [-0.4, -0.2) is 33.4 Å². The number of methoxy groups -OCH3 is 1. The van der Waals surface area contributed by atoms with Gasteiger partial charge in [0.05, 0.1) is 19.3 Å². The lowest BCUT2D eigenvalue weighted by Gasteiger charge is -2.22. The van der Waals surface area contributed by atoms with E-state index in [9.17, 15) is 0 Å². The first-order valence-electron chi connectivity index (χ1n) is 7.28. The van der Waals surface area contributed by atoms with Gasteiger partial charge in [0.15, 0.2) is 5.75 Å². The fraction of sp³-hybridized carbons (Fsp3) is 0.533. The van der Waals surface area contributed by atoms with Gasteiger partial charge in [-0.1, -0.05) is 6.92 Å². The summed E-state index contributed by atoms with van der Waals surface area (Å²) in [7, 11) is 1.67. The molecule has 114 valence electrons. The molecule has 21 heavy (non-hydrogen) atoms. The maximum absolute atomic E-state index is 5.49. The van der Waals surface area contributed by atoms with Crippen LogP contribution >= 0.6 is 0 Å². The summed E-state index contributed by atoms with van der Waals surface area (Å²) >= 11 is 0. The van der Waals surface area contributed by atoms with Crippen LogP contribution in [0, 0.1) is 0 Å². The van der Waals surface area contributed by atoms with Crippen LogP contribution in [0.4, 0.5) is 0 Å². The third-order valence-corrected chi connectivity index (χ3v) is 3.29. The van der Waals surface area contributed by atoms with E-state index in [1.807, 2.05) is 17.1 Å². The van der Waals surface area contributed by atoms with Gasteiger partial charge in [0.1, 0.15) is 12.0 Å². The van der Waals surface area contributed by atoms with E-state index in [1.54, 1.807) is 13.3 Å². The minimum absolute atomic E-state index is 0.0361. The Kier molecular flexibility index (Phi) is 5.27. The van der Waals surface area contributed by atoms with Gasteiger partial charge < -0.3 is 10.1 Å². The molecule has 0 fully saturated rings. The molecule has 0 aliphatic heterocycles. The van der Waals surface area contributed by atoms with Crippen molar-refractivity contribution in [3.8, 4) is 5.75 Å². The Morgan fingerprint density at radius 3 is 2.52 bits per heavy atom. The van der Waals surface area contributed by atoms with Gasteiger partial charge in [-0.05, 0) is 26.8 Å². The summed E-state index contributed by atoms with van der Waals surface area (Å²) in [6.45, 7) is 7.25. The van der Waals surface area contributed by atoms with E-state index in [-0.39, 0.29) is 12.1 Å². The van der Waals surface area contributed by atoms with Gasteiger partial charge in [-0.3, -0.25) is 4.68 Å². The zero-order valence-electron chi connectivity index (χ0n) is 13.1. The highest BCUT2D eigenvalue weighted by Crippen LogP contribution is 2.31. The second-order valence-electron chi connectivity index (χ2n) is 5.20. The highest BCUT2D eigenvalue weighted by atomic mass is 16.5. The molecule has 1 N–H and O–H groups in total. The smallest absolute Gasteiger partial charge is 0.161 e. The number of rotatable bonds is 7. The normalized spacial score (nSPS) is 12.6. The summed E-state index contributed by atoms with van der Waals surface area (Å²) in [6, 6.07) is 0.213. The fourth-order valence-corrected chi connectivity index (χ4v) is 2.32. The van der Waals surface area contributed by atoms with E-state index in [0.29, 0.717) is 0 Å². The van der Waals surface area contributed by atoms with Gasteiger partial charge in [0.2, 0.25) is 0 Å². The number of hydrogen-bond donors (Lipinski definition) is 1. The first-order chi connectivity index (χ1) is 10.2. The Labute approximate surface area is 125 Å². The van der Waals surface area contributed by atoms with Crippen molar-refractivity contribution < 1.29 is 4.74 Å². The van der Waals surface area contributed by atoms with Gasteiger partial charge in [0, 0.05) is 24.0 Å². The van der Waals surface area contributed by atoms with Gasteiger partial charge in [0.25, 0.3) is 0 Å². The van der Waals surface area contributed by atoms with Crippen LogP contribution in [0.1, 0.15) is 50.5 Å². The summed E-state index contributed by atoms with van der Waals surface area (Å²) in [5.41, 5.74) is 2.02. The van der Waals surface area contributed by atoms with Crippen LogP contribution in [0.25, 0.3) is 0 Å². The SMILES string of the molecule is CCCNC(c1cncnc1)c1c(OC)cnn1C(C)C. The Balaban J connectivity index is 2.48. The molecular formula is C15H23N5O. The van der Waals surface area contributed by atoms with E-state index >= 15 is 0 Å². The predicted octanol–water partition coefficient (Wildman–Crippen LogP) is 2.35. The van der Waals surface area contributed by atoms with Crippen LogP contribution < -0.4 is 10.1 Å². The molecule has 0 aliphatic carbocycles. The first-order valence-corrected chi connectivity index (χ1v) is 7.28. The molecule has 2 heterocycles. The number of aromatic nitrogens is 4. The van der Waals surface area contributed by atoms with E-state index in [0.717, 1.165) is 30.0 Å². The second kappa shape index (κ2) is 7.17. The van der Waals surface area contributed by atoms with Crippen molar-refractivity contribution in [2.24, 2.45) is 0 Å². The van der Waals surface area contributed by atoms with Crippen molar-refractivity contribution in [3.63, 3.8) is 0 Å². The quantitative estimate of drug-likeness (QED) is 0.847. The highest BCUT2D eigenvalue weighted by molar-refractivity contribution is 5.35. The molecule has 0 amide bonds. The zero-order chi connectivity index (χ0) is 15.2. The van der Waals surface area contributed by atoms with Crippen molar-refractivity contribution in [2.45, 2.75) is 39.3 Å². The van der Waals surface area contributed by atoms with Gasteiger partial charge in [-0.15, -0.1) is 0 Å². The van der Waals surface area contributed by atoms with E-state index in [2.05, 4.69) is 41.2 Å². The minimum atomic E-state index is -0.0361. The molecule has 6 heteroatoms. The Bertz CT molecular complexity index is 552. The monoisotopic (exact) mass is 289 g/mol. The van der Waals surface area contributed by atoms with Crippen molar-refractivity contribution in [1.29, 1.82) is 0 Å². The molecule has 0 radical (unpaired) electrons. The largest absolute Gasteiger partial charge is 0.493 e. The van der Waals surface area contributed by atoms with Gasteiger partial charge in [-0.25, -0.2) is 9.97 Å². The van der Waals surface area contributed by atoms with E-state index in [4.69, 9.17) is 4.74 Å². The lowest BCUT2D eigenvalue weighted by molar-refractivity contribution is 0.393. The van der Waals surface area contributed by atoms with Crippen LogP contribution in [0.15, 0.2) is 24.9 Å². The molecule has 0 aliphatic rings. The third-order valence-electron chi connectivity index (χ3n) is 3.29. The molecule has 0 bridgehead atoms. The molecule has 2 rings (SSSR count). The Morgan fingerprint density at radius 1 is 1.24 bits per heavy atom. The lowest BCUT2D eigenvalue weighted by atomic mass is 10.1. The summed E-state index contributed by atoms with van der Waals surface area (Å²) < 4.78 is 7.48. The summed E-state index contributed by atoms with van der Waals surface area (Å²) in [5.74, 6) is 0.779. The van der Waals surface area contributed by atoms with Crippen molar-refractivity contribution in [2.75, 3.05) is 13.7 Å². The second-order valence-corrected chi connectivity index (χ2v) is 5.20. The molecule has 0 saturated heterocycles. The molecule has 1 unspecified atom stereocenters. The number of ether oxygens (including phenoxy) is 1. The molecule has 6 nitrogen and oxygen atoms in total.